The number of urea groups is 1. The van der Waals surface area contributed by atoms with Gasteiger partial charge in [-0.3, -0.25) is 9.59 Å². The summed E-state index contributed by atoms with van der Waals surface area (Å²) >= 11 is 0. The van der Waals surface area contributed by atoms with E-state index >= 15 is 0 Å². The van der Waals surface area contributed by atoms with Gasteiger partial charge in [-0.25, -0.2) is 14.7 Å². The van der Waals surface area contributed by atoms with Crippen molar-refractivity contribution < 1.29 is 14.4 Å². The average Bonchev–Trinajstić information content (AvgIpc) is 3.07. The zero-order valence-electron chi connectivity index (χ0n) is 19.1. The number of carbonyl (C=O) groups is 3. The first-order valence-corrected chi connectivity index (χ1v) is 12.4. The fourth-order valence-corrected chi connectivity index (χ4v) is 5.58. The van der Waals surface area contributed by atoms with Crippen molar-refractivity contribution in [2.75, 3.05) is 5.32 Å². The van der Waals surface area contributed by atoms with Gasteiger partial charge in [-0.1, -0.05) is 70.3 Å². The predicted octanol–water partition coefficient (Wildman–Crippen LogP) is 4.56. The standard InChI is InChI=1S/C25H36N4O3/c1-17-12-13-22(26-16-17)28-23(30)21(15-19-10-6-3-7-11-19)29-24(31)20(27-25(29)32)14-18-8-4-2-5-9-18/h12-13,16,18-21H,2-11,14-15H2,1H3,(H,27,32)(H,26,28,30). The van der Waals surface area contributed by atoms with Gasteiger partial charge in [0.15, 0.2) is 0 Å². The summed E-state index contributed by atoms with van der Waals surface area (Å²) in [4.78, 5) is 45.0. The molecule has 2 heterocycles. The summed E-state index contributed by atoms with van der Waals surface area (Å²) in [5, 5.41) is 5.74. The Hall–Kier alpha value is -2.44. The molecule has 2 N–H and O–H groups in total. The molecule has 4 amide bonds. The number of pyridine rings is 1. The fraction of sp³-hybridized carbons (Fsp3) is 0.680. The maximum Gasteiger partial charge on any atom is 0.325 e. The van der Waals surface area contributed by atoms with Gasteiger partial charge < -0.3 is 10.6 Å². The minimum atomic E-state index is -0.801. The fourth-order valence-electron chi connectivity index (χ4n) is 5.58. The van der Waals surface area contributed by atoms with Crippen molar-refractivity contribution in [3.8, 4) is 0 Å². The van der Waals surface area contributed by atoms with Gasteiger partial charge in [0, 0.05) is 6.20 Å². The molecule has 2 unspecified atom stereocenters. The first-order valence-electron chi connectivity index (χ1n) is 12.4. The van der Waals surface area contributed by atoms with Crippen LogP contribution in [-0.4, -0.2) is 39.8 Å². The Kier molecular flexibility index (Phi) is 7.43. The molecule has 1 saturated heterocycles. The summed E-state index contributed by atoms with van der Waals surface area (Å²) in [6, 6.07) is 1.90. The number of amides is 4. The van der Waals surface area contributed by atoms with Crippen LogP contribution in [0.2, 0.25) is 0 Å². The van der Waals surface area contributed by atoms with Crippen LogP contribution in [0, 0.1) is 18.8 Å². The highest BCUT2D eigenvalue weighted by atomic mass is 16.2. The molecule has 3 aliphatic rings. The van der Waals surface area contributed by atoms with Crippen LogP contribution in [0.3, 0.4) is 0 Å². The second kappa shape index (κ2) is 10.5. The van der Waals surface area contributed by atoms with Crippen molar-refractivity contribution in [3.05, 3.63) is 23.9 Å². The number of rotatable bonds is 7. The second-order valence-corrected chi connectivity index (χ2v) is 9.92. The van der Waals surface area contributed by atoms with Crippen LogP contribution in [0.25, 0.3) is 0 Å². The molecule has 2 aliphatic carbocycles. The molecule has 2 saturated carbocycles. The topological polar surface area (TPSA) is 91.4 Å². The molecule has 174 valence electrons. The van der Waals surface area contributed by atoms with E-state index in [1.807, 2.05) is 13.0 Å². The number of nitrogens with one attached hydrogen (secondary N) is 2. The molecular formula is C25H36N4O3. The number of anilines is 1. The number of aryl methyl sites for hydroxylation is 1. The lowest BCUT2D eigenvalue weighted by molar-refractivity contribution is -0.134. The lowest BCUT2D eigenvalue weighted by Gasteiger charge is -2.30. The first-order chi connectivity index (χ1) is 15.5. The Bertz CT molecular complexity index is 813. The summed E-state index contributed by atoms with van der Waals surface area (Å²) < 4.78 is 0. The van der Waals surface area contributed by atoms with Crippen LogP contribution in [0.5, 0.6) is 0 Å². The van der Waals surface area contributed by atoms with Gasteiger partial charge in [-0.05, 0) is 43.2 Å². The molecule has 0 spiro atoms. The summed E-state index contributed by atoms with van der Waals surface area (Å²) in [7, 11) is 0. The zero-order valence-corrected chi connectivity index (χ0v) is 19.1. The van der Waals surface area contributed by atoms with Crippen LogP contribution in [0.4, 0.5) is 10.6 Å². The van der Waals surface area contributed by atoms with Crippen molar-refractivity contribution in [1.82, 2.24) is 15.2 Å². The van der Waals surface area contributed by atoms with Crippen LogP contribution in [-0.2, 0) is 9.59 Å². The lowest BCUT2D eigenvalue weighted by Crippen LogP contribution is -2.49. The number of hydrogen-bond donors (Lipinski definition) is 2. The molecule has 1 aliphatic heterocycles. The van der Waals surface area contributed by atoms with Crippen molar-refractivity contribution in [2.24, 2.45) is 11.8 Å². The number of nitrogens with zero attached hydrogens (tertiary/aromatic N) is 2. The molecular weight excluding hydrogens is 404 g/mol. The van der Waals surface area contributed by atoms with Crippen molar-refractivity contribution in [1.29, 1.82) is 0 Å². The van der Waals surface area contributed by atoms with E-state index < -0.39 is 18.1 Å². The number of imide groups is 1. The smallest absolute Gasteiger partial charge is 0.325 e. The molecule has 1 aromatic heterocycles. The van der Waals surface area contributed by atoms with Gasteiger partial charge in [0.25, 0.3) is 5.91 Å². The third-order valence-electron chi connectivity index (χ3n) is 7.40. The molecule has 7 nitrogen and oxygen atoms in total. The minimum Gasteiger partial charge on any atom is -0.326 e. The monoisotopic (exact) mass is 440 g/mol. The molecule has 4 rings (SSSR count). The quantitative estimate of drug-likeness (QED) is 0.608. The van der Waals surface area contributed by atoms with Gasteiger partial charge in [-0.2, -0.15) is 0 Å². The van der Waals surface area contributed by atoms with Crippen molar-refractivity contribution in [2.45, 2.75) is 96.1 Å². The molecule has 0 bridgehead atoms. The highest BCUT2D eigenvalue weighted by Crippen LogP contribution is 2.32. The van der Waals surface area contributed by atoms with Crippen LogP contribution >= 0.6 is 0 Å². The number of carbonyl (C=O) groups excluding carboxylic acids is 3. The molecule has 7 heteroatoms. The average molecular weight is 441 g/mol. The van der Waals surface area contributed by atoms with E-state index in [9.17, 15) is 14.4 Å². The van der Waals surface area contributed by atoms with E-state index in [0.717, 1.165) is 44.1 Å². The Morgan fingerprint density at radius 3 is 2.34 bits per heavy atom. The lowest BCUT2D eigenvalue weighted by atomic mass is 9.83. The van der Waals surface area contributed by atoms with Gasteiger partial charge in [0.05, 0.1) is 0 Å². The van der Waals surface area contributed by atoms with E-state index in [1.165, 1.54) is 30.6 Å². The van der Waals surface area contributed by atoms with E-state index in [-0.39, 0.29) is 11.8 Å². The van der Waals surface area contributed by atoms with Gasteiger partial charge >= 0.3 is 6.03 Å². The maximum atomic E-state index is 13.3. The molecule has 1 aromatic rings. The third kappa shape index (κ3) is 5.48. The van der Waals surface area contributed by atoms with Gasteiger partial charge in [-0.15, -0.1) is 0 Å². The van der Waals surface area contributed by atoms with E-state index in [2.05, 4.69) is 15.6 Å². The molecule has 32 heavy (non-hydrogen) atoms. The largest absolute Gasteiger partial charge is 0.326 e. The molecule has 0 aromatic carbocycles. The number of hydrogen-bond acceptors (Lipinski definition) is 4. The van der Waals surface area contributed by atoms with E-state index in [0.29, 0.717) is 30.5 Å². The number of aromatic nitrogens is 1. The Morgan fingerprint density at radius 1 is 1.06 bits per heavy atom. The molecule has 2 atom stereocenters. The SMILES string of the molecule is Cc1ccc(NC(=O)C(CC2CCCCC2)N2C(=O)NC(CC3CCCCC3)C2=O)nc1. The summed E-state index contributed by atoms with van der Waals surface area (Å²) in [6.07, 6.45) is 14.4. The Balaban J connectivity index is 1.49. The second-order valence-electron chi connectivity index (χ2n) is 9.92. The highest BCUT2D eigenvalue weighted by molar-refractivity contribution is 6.09. The van der Waals surface area contributed by atoms with Crippen LogP contribution < -0.4 is 10.6 Å². The van der Waals surface area contributed by atoms with Crippen LogP contribution in [0.1, 0.15) is 82.6 Å². The van der Waals surface area contributed by atoms with Crippen LogP contribution in [0.15, 0.2) is 18.3 Å². The third-order valence-corrected chi connectivity index (χ3v) is 7.40. The Morgan fingerprint density at radius 2 is 1.72 bits per heavy atom. The van der Waals surface area contributed by atoms with Crippen molar-refractivity contribution in [3.63, 3.8) is 0 Å². The maximum absolute atomic E-state index is 13.3. The molecule has 3 fully saturated rings. The highest BCUT2D eigenvalue weighted by Gasteiger charge is 2.45. The first kappa shape index (κ1) is 22.7. The van der Waals surface area contributed by atoms with Crippen molar-refractivity contribution >= 4 is 23.7 Å². The predicted molar refractivity (Wildman–Crippen MR) is 123 cm³/mol. The van der Waals surface area contributed by atoms with E-state index in [1.54, 1.807) is 12.3 Å². The van der Waals surface area contributed by atoms with E-state index in [4.69, 9.17) is 0 Å². The van der Waals surface area contributed by atoms with Gasteiger partial charge in [0.1, 0.15) is 17.9 Å². The minimum absolute atomic E-state index is 0.242. The molecule has 0 radical (unpaired) electrons. The summed E-state index contributed by atoms with van der Waals surface area (Å²) in [5.74, 6) is 0.700. The Labute approximate surface area is 190 Å². The zero-order chi connectivity index (χ0) is 22.5. The summed E-state index contributed by atoms with van der Waals surface area (Å²) in [5.41, 5.74) is 1.00. The summed E-state index contributed by atoms with van der Waals surface area (Å²) in [6.45, 7) is 1.93. The van der Waals surface area contributed by atoms with Gasteiger partial charge in [0.2, 0.25) is 5.91 Å². The normalized spacial score (nSPS) is 23.8.